The molecular weight excluding hydrogens is 546 g/mol. The molecule has 0 bridgehead atoms. The summed E-state index contributed by atoms with van der Waals surface area (Å²) in [6.07, 6.45) is -1.50. The number of hydrogen-bond acceptors (Lipinski definition) is 5. The Bertz CT molecular complexity index is 1400. The predicted molar refractivity (Wildman–Crippen MR) is 169 cm³/mol. The van der Waals surface area contributed by atoms with Crippen LogP contribution in [0.3, 0.4) is 0 Å². The lowest BCUT2D eigenvalue weighted by atomic mass is 9.89. The van der Waals surface area contributed by atoms with Crippen LogP contribution < -0.4 is 0 Å². The molecule has 0 aliphatic rings. The summed E-state index contributed by atoms with van der Waals surface area (Å²) in [7, 11) is -4.26. The van der Waals surface area contributed by atoms with Crippen LogP contribution in [0.15, 0.2) is 77.7 Å². The average Bonchev–Trinajstić information content (AvgIpc) is 2.91. The van der Waals surface area contributed by atoms with Gasteiger partial charge in [0.2, 0.25) is 0 Å². The molecule has 228 valence electrons. The Balaban J connectivity index is 2.12. The van der Waals surface area contributed by atoms with E-state index in [1.807, 2.05) is 121 Å². The molecule has 0 saturated carbocycles. The number of hydrogen-bond donors (Lipinski definition) is 0. The second-order valence-electron chi connectivity index (χ2n) is 12.8. The third-order valence-corrected chi connectivity index (χ3v) is 8.45. The monoisotopic (exact) mass is 593 g/mol. The van der Waals surface area contributed by atoms with E-state index in [0.29, 0.717) is 5.56 Å². The summed E-state index contributed by atoms with van der Waals surface area (Å²) >= 11 is 0. The third kappa shape index (κ3) is 8.92. The molecule has 1 atom stereocenters. The summed E-state index contributed by atoms with van der Waals surface area (Å²) < 4.78 is 40.6. The lowest BCUT2D eigenvalue weighted by molar-refractivity contribution is 0.0151. The minimum atomic E-state index is -4.26. The second-order valence-corrected chi connectivity index (χ2v) is 14.3. The van der Waals surface area contributed by atoms with Crippen molar-refractivity contribution in [3.05, 3.63) is 101 Å². The molecule has 7 heteroatoms. The van der Waals surface area contributed by atoms with E-state index in [2.05, 4.69) is 13.8 Å². The van der Waals surface area contributed by atoms with Crippen LogP contribution in [0.25, 0.3) is 0 Å². The average molecular weight is 594 g/mol. The van der Waals surface area contributed by atoms with E-state index in [4.69, 9.17) is 8.92 Å². The van der Waals surface area contributed by atoms with Gasteiger partial charge < -0.3 is 9.64 Å². The lowest BCUT2D eigenvalue weighted by Crippen LogP contribution is -2.39. The first kappa shape index (κ1) is 33.3. The number of carbonyl (C=O) groups is 1. The molecular formula is C35H47NO5S. The summed E-state index contributed by atoms with van der Waals surface area (Å²) in [6.45, 7) is 17.9. The van der Waals surface area contributed by atoms with Crippen molar-refractivity contribution in [3.8, 4) is 0 Å². The zero-order chi connectivity index (χ0) is 31.2. The zero-order valence-corrected chi connectivity index (χ0v) is 27.4. The Labute approximate surface area is 253 Å². The number of carbonyl (C=O) groups excluding carboxylic acids is 1. The van der Waals surface area contributed by atoms with Gasteiger partial charge in [0.15, 0.2) is 0 Å². The van der Waals surface area contributed by atoms with Crippen molar-refractivity contribution in [3.63, 3.8) is 0 Å². The van der Waals surface area contributed by atoms with Gasteiger partial charge in [-0.2, -0.15) is 8.42 Å². The number of benzene rings is 3. The highest BCUT2D eigenvalue weighted by atomic mass is 32.2. The van der Waals surface area contributed by atoms with Crippen LogP contribution in [-0.2, 0) is 25.6 Å². The Morgan fingerprint density at radius 2 is 1.26 bits per heavy atom. The highest BCUT2D eigenvalue weighted by Gasteiger charge is 2.33. The Morgan fingerprint density at radius 3 is 1.71 bits per heavy atom. The fraction of sp³-hybridized carbons (Fsp3) is 0.457. The largest absolute Gasteiger partial charge is 0.444 e. The standard InChI is InChI=1S/C35H47NO5S/c1-24(2)29-20-30(25(3)4)33(31(21-29)26(5)6)42(38,39)41-32(28-18-14-11-15-19-28)23-36(34(37)40-35(7,8)9)22-27-16-12-10-13-17-27/h10-21,24-26,32H,22-23H2,1-9H3. The number of nitrogens with zero attached hydrogens (tertiary/aromatic N) is 1. The van der Waals surface area contributed by atoms with Crippen molar-refractivity contribution >= 4 is 16.2 Å². The first-order valence-electron chi connectivity index (χ1n) is 14.8. The molecule has 0 aromatic heterocycles. The maximum Gasteiger partial charge on any atom is 0.410 e. The lowest BCUT2D eigenvalue weighted by Gasteiger charge is -2.31. The van der Waals surface area contributed by atoms with Gasteiger partial charge in [-0.15, -0.1) is 0 Å². The van der Waals surface area contributed by atoms with Crippen LogP contribution in [0, 0.1) is 0 Å². The van der Waals surface area contributed by atoms with Gasteiger partial charge in [0, 0.05) is 6.54 Å². The molecule has 0 heterocycles. The Hall–Kier alpha value is -3.16. The summed E-state index contributed by atoms with van der Waals surface area (Å²) in [6, 6.07) is 22.7. The molecule has 3 aromatic rings. The zero-order valence-electron chi connectivity index (χ0n) is 26.5. The summed E-state index contributed by atoms with van der Waals surface area (Å²) in [5.41, 5.74) is 3.40. The van der Waals surface area contributed by atoms with E-state index in [0.717, 1.165) is 22.3 Å². The van der Waals surface area contributed by atoms with Gasteiger partial charge in [-0.1, -0.05) is 114 Å². The van der Waals surface area contributed by atoms with Crippen molar-refractivity contribution in [2.75, 3.05) is 6.54 Å². The van der Waals surface area contributed by atoms with Gasteiger partial charge in [0.1, 0.15) is 16.6 Å². The van der Waals surface area contributed by atoms with Crippen LogP contribution in [-0.4, -0.2) is 31.6 Å². The Morgan fingerprint density at radius 1 is 0.762 bits per heavy atom. The molecule has 0 saturated heterocycles. The van der Waals surface area contributed by atoms with Crippen molar-refractivity contribution < 1.29 is 22.1 Å². The van der Waals surface area contributed by atoms with E-state index >= 15 is 0 Å². The van der Waals surface area contributed by atoms with Crippen LogP contribution in [0.2, 0.25) is 0 Å². The van der Waals surface area contributed by atoms with Gasteiger partial charge >= 0.3 is 6.09 Å². The fourth-order valence-electron chi connectivity index (χ4n) is 4.77. The first-order valence-corrected chi connectivity index (χ1v) is 16.2. The van der Waals surface area contributed by atoms with Crippen molar-refractivity contribution in [2.45, 2.75) is 103 Å². The SMILES string of the molecule is CC(C)c1cc(C(C)C)c(S(=O)(=O)OC(CN(Cc2ccccc2)C(=O)OC(C)(C)C)c2ccccc2)c(C(C)C)c1. The minimum absolute atomic E-state index is 0.0227. The van der Waals surface area contributed by atoms with E-state index in [9.17, 15) is 13.2 Å². The molecule has 0 N–H and O–H groups in total. The highest BCUT2D eigenvalue weighted by molar-refractivity contribution is 7.86. The van der Waals surface area contributed by atoms with E-state index in [1.54, 1.807) is 0 Å². The molecule has 3 rings (SSSR count). The topological polar surface area (TPSA) is 72.9 Å². The van der Waals surface area contributed by atoms with Gasteiger partial charge in [-0.3, -0.25) is 4.18 Å². The van der Waals surface area contributed by atoms with Gasteiger partial charge in [0.25, 0.3) is 10.1 Å². The number of ether oxygens (including phenoxy) is 1. The van der Waals surface area contributed by atoms with Crippen molar-refractivity contribution in [2.24, 2.45) is 0 Å². The quantitative estimate of drug-likeness (QED) is 0.208. The molecule has 0 aliphatic carbocycles. The van der Waals surface area contributed by atoms with Crippen molar-refractivity contribution in [1.82, 2.24) is 4.90 Å². The summed E-state index contributed by atoms with van der Waals surface area (Å²) in [4.78, 5) is 15.2. The fourth-order valence-corrected chi connectivity index (χ4v) is 6.51. The van der Waals surface area contributed by atoms with Crippen LogP contribution in [0.4, 0.5) is 4.79 Å². The molecule has 1 unspecified atom stereocenters. The van der Waals surface area contributed by atoms with Gasteiger partial charge in [-0.05, 0) is 66.3 Å². The molecule has 6 nitrogen and oxygen atoms in total. The van der Waals surface area contributed by atoms with E-state index in [1.165, 1.54) is 4.90 Å². The predicted octanol–water partition coefficient (Wildman–Crippen LogP) is 8.94. The van der Waals surface area contributed by atoms with E-state index in [-0.39, 0.29) is 35.7 Å². The third-order valence-electron chi connectivity index (χ3n) is 7.00. The smallest absolute Gasteiger partial charge is 0.410 e. The summed E-state index contributed by atoms with van der Waals surface area (Å²) in [5.74, 6) is 0.164. The number of rotatable bonds is 11. The van der Waals surface area contributed by atoms with Gasteiger partial charge in [0.05, 0.1) is 6.54 Å². The molecule has 3 aromatic carbocycles. The van der Waals surface area contributed by atoms with Crippen LogP contribution in [0.5, 0.6) is 0 Å². The molecule has 0 radical (unpaired) electrons. The molecule has 0 aliphatic heterocycles. The maximum atomic E-state index is 14.3. The summed E-state index contributed by atoms with van der Waals surface area (Å²) in [5, 5.41) is 0. The molecule has 0 fully saturated rings. The Kier molecular flexibility index (Phi) is 11.0. The normalized spacial score (nSPS) is 13.0. The maximum absolute atomic E-state index is 14.3. The molecule has 0 spiro atoms. The number of amides is 1. The first-order chi connectivity index (χ1) is 19.6. The highest BCUT2D eigenvalue weighted by Crippen LogP contribution is 2.38. The van der Waals surface area contributed by atoms with Crippen LogP contribution >= 0.6 is 0 Å². The minimum Gasteiger partial charge on any atom is -0.444 e. The van der Waals surface area contributed by atoms with Crippen LogP contribution in [0.1, 0.15) is 114 Å². The van der Waals surface area contributed by atoms with E-state index < -0.39 is 27.9 Å². The van der Waals surface area contributed by atoms with Crippen molar-refractivity contribution in [1.29, 1.82) is 0 Å². The molecule has 42 heavy (non-hydrogen) atoms. The molecule has 1 amide bonds. The second kappa shape index (κ2) is 13.9. The van der Waals surface area contributed by atoms with Gasteiger partial charge in [-0.25, -0.2) is 4.79 Å².